The van der Waals surface area contributed by atoms with Crippen molar-refractivity contribution in [2.75, 3.05) is 13.7 Å². The molecule has 2 amide bonds. The van der Waals surface area contributed by atoms with Crippen molar-refractivity contribution in [2.24, 2.45) is 0 Å². The second-order valence-electron chi connectivity index (χ2n) is 4.39. The normalized spacial score (nSPS) is 12.7. The molecule has 0 fully saturated rings. The van der Waals surface area contributed by atoms with Crippen molar-refractivity contribution in [1.29, 1.82) is 0 Å². The van der Waals surface area contributed by atoms with Crippen LogP contribution in [-0.2, 0) is 4.79 Å². The van der Waals surface area contributed by atoms with Crippen LogP contribution < -0.4 is 5.32 Å². The first-order chi connectivity index (χ1) is 7.76. The van der Waals surface area contributed by atoms with Gasteiger partial charge >= 0.3 is 12.0 Å². The minimum atomic E-state index is -1.12. The van der Waals surface area contributed by atoms with Gasteiger partial charge in [-0.1, -0.05) is 6.08 Å². The summed E-state index contributed by atoms with van der Waals surface area (Å²) >= 11 is 0. The van der Waals surface area contributed by atoms with E-state index in [0.29, 0.717) is 0 Å². The summed E-state index contributed by atoms with van der Waals surface area (Å²) in [4.78, 5) is 23.9. The van der Waals surface area contributed by atoms with Gasteiger partial charge < -0.3 is 20.4 Å². The third kappa shape index (κ3) is 4.44. The van der Waals surface area contributed by atoms with Crippen LogP contribution in [0.3, 0.4) is 0 Å². The summed E-state index contributed by atoms with van der Waals surface area (Å²) in [6, 6.07) is -1.55. The third-order valence-electron chi connectivity index (χ3n) is 2.60. The van der Waals surface area contributed by atoms with Crippen LogP contribution in [0.4, 0.5) is 4.79 Å². The number of urea groups is 1. The Morgan fingerprint density at radius 2 is 2.06 bits per heavy atom. The molecule has 0 aliphatic heterocycles. The van der Waals surface area contributed by atoms with E-state index in [2.05, 4.69) is 11.9 Å². The van der Waals surface area contributed by atoms with Gasteiger partial charge in [0.15, 0.2) is 0 Å². The van der Waals surface area contributed by atoms with Crippen LogP contribution >= 0.6 is 0 Å². The Morgan fingerprint density at radius 3 is 2.41 bits per heavy atom. The van der Waals surface area contributed by atoms with Crippen LogP contribution in [0, 0.1) is 0 Å². The summed E-state index contributed by atoms with van der Waals surface area (Å²) in [5.41, 5.74) is -0.749. The number of nitrogens with one attached hydrogen (secondary N) is 1. The number of aliphatic hydroxyl groups is 1. The quantitative estimate of drug-likeness (QED) is 0.591. The number of rotatable bonds is 6. The zero-order valence-corrected chi connectivity index (χ0v) is 10.4. The lowest BCUT2D eigenvalue weighted by atomic mass is 10.1. The average Bonchev–Trinajstić information content (AvgIpc) is 2.27. The zero-order chi connectivity index (χ0) is 13.6. The SMILES string of the molecule is C=CCC(NC(=O)N(C)C(C)(C)CO)C(=O)O. The minimum absolute atomic E-state index is 0.147. The number of hydrogen-bond acceptors (Lipinski definition) is 3. The van der Waals surface area contributed by atoms with Gasteiger partial charge in [-0.15, -0.1) is 6.58 Å². The largest absolute Gasteiger partial charge is 0.480 e. The smallest absolute Gasteiger partial charge is 0.326 e. The molecular formula is C11H20N2O4. The van der Waals surface area contributed by atoms with Gasteiger partial charge in [-0.25, -0.2) is 9.59 Å². The molecule has 0 spiro atoms. The summed E-state index contributed by atoms with van der Waals surface area (Å²) in [6.45, 7) is 6.57. The van der Waals surface area contributed by atoms with Crippen molar-refractivity contribution in [1.82, 2.24) is 10.2 Å². The van der Waals surface area contributed by atoms with Crippen LogP contribution in [0.25, 0.3) is 0 Å². The maximum absolute atomic E-state index is 11.7. The van der Waals surface area contributed by atoms with Crippen molar-refractivity contribution in [3.05, 3.63) is 12.7 Å². The fourth-order valence-corrected chi connectivity index (χ4v) is 1.01. The lowest BCUT2D eigenvalue weighted by Crippen LogP contribution is -2.54. The molecule has 17 heavy (non-hydrogen) atoms. The number of aliphatic carboxylic acids is 1. The van der Waals surface area contributed by atoms with Crippen LogP contribution in [0.2, 0.25) is 0 Å². The Labute approximate surface area is 101 Å². The Hall–Kier alpha value is -1.56. The Balaban J connectivity index is 4.61. The standard InChI is InChI=1S/C11H20N2O4/c1-5-6-8(9(15)16)12-10(17)13(4)11(2,3)7-14/h5,8,14H,1,6-7H2,2-4H3,(H,12,17)(H,15,16). The van der Waals surface area contributed by atoms with Crippen molar-refractivity contribution in [3.63, 3.8) is 0 Å². The van der Waals surface area contributed by atoms with E-state index in [4.69, 9.17) is 10.2 Å². The molecule has 3 N–H and O–H groups in total. The van der Waals surface area contributed by atoms with Gasteiger partial charge in [-0.05, 0) is 20.3 Å². The minimum Gasteiger partial charge on any atom is -0.480 e. The van der Waals surface area contributed by atoms with E-state index in [1.54, 1.807) is 13.8 Å². The number of aliphatic hydroxyl groups excluding tert-OH is 1. The van der Waals surface area contributed by atoms with Crippen LogP contribution in [0.15, 0.2) is 12.7 Å². The fourth-order valence-electron chi connectivity index (χ4n) is 1.01. The highest BCUT2D eigenvalue weighted by molar-refractivity contribution is 5.82. The number of carbonyl (C=O) groups excluding carboxylic acids is 1. The molecule has 0 heterocycles. The second kappa shape index (κ2) is 6.24. The highest BCUT2D eigenvalue weighted by Crippen LogP contribution is 2.11. The molecule has 1 unspecified atom stereocenters. The topological polar surface area (TPSA) is 89.9 Å². The fraction of sp³-hybridized carbons (Fsp3) is 0.636. The Bertz CT molecular complexity index is 302. The van der Waals surface area contributed by atoms with E-state index < -0.39 is 23.6 Å². The lowest BCUT2D eigenvalue weighted by molar-refractivity contribution is -0.139. The molecular weight excluding hydrogens is 224 g/mol. The third-order valence-corrected chi connectivity index (χ3v) is 2.60. The lowest BCUT2D eigenvalue weighted by Gasteiger charge is -2.34. The number of carboxylic acid groups (broad SMARTS) is 1. The highest BCUT2D eigenvalue weighted by atomic mass is 16.4. The monoisotopic (exact) mass is 244 g/mol. The molecule has 0 bridgehead atoms. The van der Waals surface area contributed by atoms with Gasteiger partial charge in [0.05, 0.1) is 12.1 Å². The molecule has 0 aromatic heterocycles. The van der Waals surface area contributed by atoms with Gasteiger partial charge in [0.1, 0.15) is 6.04 Å². The summed E-state index contributed by atoms with van der Waals surface area (Å²) in [7, 11) is 1.50. The van der Waals surface area contributed by atoms with E-state index >= 15 is 0 Å². The number of carboxylic acids is 1. The van der Waals surface area contributed by atoms with Crippen LogP contribution in [0.5, 0.6) is 0 Å². The first-order valence-electron chi connectivity index (χ1n) is 5.25. The first kappa shape index (κ1) is 15.4. The molecule has 6 nitrogen and oxygen atoms in total. The second-order valence-corrected chi connectivity index (χ2v) is 4.39. The van der Waals surface area contributed by atoms with Crippen LogP contribution in [-0.4, -0.2) is 52.3 Å². The van der Waals surface area contributed by atoms with Gasteiger partial charge in [0, 0.05) is 7.05 Å². The van der Waals surface area contributed by atoms with E-state index in [9.17, 15) is 9.59 Å². The average molecular weight is 244 g/mol. The molecule has 0 aliphatic carbocycles. The van der Waals surface area contributed by atoms with Crippen molar-refractivity contribution < 1.29 is 19.8 Å². The number of amides is 2. The van der Waals surface area contributed by atoms with Gasteiger partial charge in [0.25, 0.3) is 0 Å². The maximum atomic E-state index is 11.7. The molecule has 98 valence electrons. The molecule has 0 saturated heterocycles. The molecule has 0 aromatic carbocycles. The summed E-state index contributed by atoms with van der Waals surface area (Å²) in [6.07, 6.45) is 1.57. The highest BCUT2D eigenvalue weighted by Gasteiger charge is 2.29. The number of nitrogens with zero attached hydrogens (tertiary/aromatic N) is 1. The van der Waals surface area contributed by atoms with E-state index in [0.717, 1.165) is 0 Å². The van der Waals surface area contributed by atoms with E-state index in [1.807, 2.05) is 0 Å². The predicted molar refractivity (Wildman–Crippen MR) is 63.7 cm³/mol. The molecule has 0 aromatic rings. The number of hydrogen-bond donors (Lipinski definition) is 3. The van der Waals surface area contributed by atoms with Gasteiger partial charge in [-0.3, -0.25) is 0 Å². The molecule has 0 radical (unpaired) electrons. The molecule has 0 saturated carbocycles. The summed E-state index contributed by atoms with van der Waals surface area (Å²) in [5, 5.41) is 20.3. The summed E-state index contributed by atoms with van der Waals surface area (Å²) in [5.74, 6) is -1.12. The van der Waals surface area contributed by atoms with Gasteiger partial charge in [-0.2, -0.15) is 0 Å². The zero-order valence-electron chi connectivity index (χ0n) is 10.4. The summed E-state index contributed by atoms with van der Waals surface area (Å²) < 4.78 is 0. The Morgan fingerprint density at radius 1 is 1.53 bits per heavy atom. The first-order valence-corrected chi connectivity index (χ1v) is 5.25. The molecule has 0 rings (SSSR count). The van der Waals surface area contributed by atoms with Crippen molar-refractivity contribution in [2.45, 2.75) is 31.8 Å². The maximum Gasteiger partial charge on any atom is 0.326 e. The molecule has 1 atom stereocenters. The van der Waals surface area contributed by atoms with E-state index in [-0.39, 0.29) is 13.0 Å². The Kier molecular flexibility index (Phi) is 5.67. The predicted octanol–water partition coefficient (Wildman–Crippen LogP) is 0.428. The van der Waals surface area contributed by atoms with Crippen molar-refractivity contribution >= 4 is 12.0 Å². The number of likely N-dealkylation sites (N-methyl/N-ethyl adjacent to an activating group) is 1. The van der Waals surface area contributed by atoms with Crippen molar-refractivity contribution in [3.8, 4) is 0 Å². The van der Waals surface area contributed by atoms with Gasteiger partial charge in [0.2, 0.25) is 0 Å². The molecule has 0 aliphatic rings. The number of carbonyl (C=O) groups is 2. The molecule has 6 heteroatoms. The van der Waals surface area contributed by atoms with Crippen LogP contribution in [0.1, 0.15) is 20.3 Å². The van der Waals surface area contributed by atoms with E-state index in [1.165, 1.54) is 18.0 Å².